The number of ether oxygens (including phenoxy) is 1. The molecular formula is C11H18N2O2. The molecule has 0 aliphatic rings. The minimum atomic E-state index is 0.170. The van der Waals surface area contributed by atoms with Crippen molar-refractivity contribution in [1.29, 1.82) is 0 Å². The summed E-state index contributed by atoms with van der Waals surface area (Å²) >= 11 is 0. The van der Waals surface area contributed by atoms with E-state index in [2.05, 4.69) is 5.32 Å². The molecule has 84 valence electrons. The van der Waals surface area contributed by atoms with Crippen LogP contribution in [0.5, 0.6) is 5.75 Å². The second-order valence-electron chi connectivity index (χ2n) is 3.62. The highest BCUT2D eigenvalue weighted by atomic mass is 16.5. The summed E-state index contributed by atoms with van der Waals surface area (Å²) in [7, 11) is 1.61. The number of benzene rings is 1. The van der Waals surface area contributed by atoms with Crippen LogP contribution >= 0.6 is 0 Å². The molecule has 0 aliphatic carbocycles. The van der Waals surface area contributed by atoms with Crippen molar-refractivity contribution in [3.8, 4) is 5.75 Å². The van der Waals surface area contributed by atoms with Crippen molar-refractivity contribution in [2.45, 2.75) is 6.92 Å². The van der Waals surface area contributed by atoms with Crippen molar-refractivity contribution in [2.75, 3.05) is 31.3 Å². The second-order valence-corrected chi connectivity index (χ2v) is 3.62. The maximum Gasteiger partial charge on any atom is 0.121 e. The van der Waals surface area contributed by atoms with Crippen molar-refractivity contribution in [2.24, 2.45) is 5.92 Å². The standard InChI is InChI=1S/C11H18N2O2/c1-8(7-14)6-13-11-4-3-9(15-2)5-10(11)12/h3-5,8,13-14H,6-7,12H2,1-2H3. The van der Waals surface area contributed by atoms with Gasteiger partial charge in [0.15, 0.2) is 0 Å². The number of nitrogen functional groups attached to an aromatic ring is 1. The zero-order valence-corrected chi connectivity index (χ0v) is 9.16. The third kappa shape index (κ3) is 3.32. The molecule has 15 heavy (non-hydrogen) atoms. The number of rotatable bonds is 5. The molecule has 0 heterocycles. The Bertz CT molecular complexity index is 315. The number of anilines is 2. The van der Waals surface area contributed by atoms with Gasteiger partial charge in [0.25, 0.3) is 0 Å². The highest BCUT2D eigenvalue weighted by molar-refractivity contribution is 5.68. The van der Waals surface area contributed by atoms with E-state index in [1.807, 2.05) is 19.1 Å². The van der Waals surface area contributed by atoms with Gasteiger partial charge in [0.05, 0.1) is 18.5 Å². The van der Waals surface area contributed by atoms with Crippen LogP contribution in [0, 0.1) is 5.92 Å². The highest BCUT2D eigenvalue weighted by Crippen LogP contribution is 2.23. The summed E-state index contributed by atoms with van der Waals surface area (Å²) in [5.41, 5.74) is 7.34. The van der Waals surface area contributed by atoms with Gasteiger partial charge < -0.3 is 20.9 Å². The highest BCUT2D eigenvalue weighted by Gasteiger charge is 2.03. The first kappa shape index (κ1) is 11.7. The van der Waals surface area contributed by atoms with Crippen LogP contribution in [0.2, 0.25) is 0 Å². The van der Waals surface area contributed by atoms with Crippen LogP contribution in [0.1, 0.15) is 6.92 Å². The first-order valence-corrected chi connectivity index (χ1v) is 4.95. The third-order valence-corrected chi connectivity index (χ3v) is 2.21. The number of methoxy groups -OCH3 is 1. The Kier molecular flexibility index (Phi) is 4.24. The second kappa shape index (κ2) is 5.46. The third-order valence-electron chi connectivity index (χ3n) is 2.21. The lowest BCUT2D eigenvalue weighted by Gasteiger charge is -2.13. The minimum Gasteiger partial charge on any atom is -0.497 e. The number of hydrogen-bond donors (Lipinski definition) is 3. The molecule has 0 aromatic heterocycles. The summed E-state index contributed by atoms with van der Waals surface area (Å²) in [5.74, 6) is 0.958. The maximum absolute atomic E-state index is 8.87. The minimum absolute atomic E-state index is 0.170. The van der Waals surface area contributed by atoms with E-state index in [0.717, 1.165) is 11.4 Å². The zero-order chi connectivity index (χ0) is 11.3. The van der Waals surface area contributed by atoms with Crippen molar-refractivity contribution >= 4 is 11.4 Å². The van der Waals surface area contributed by atoms with E-state index in [-0.39, 0.29) is 12.5 Å². The van der Waals surface area contributed by atoms with Gasteiger partial charge in [-0.2, -0.15) is 0 Å². The fraction of sp³-hybridized carbons (Fsp3) is 0.455. The fourth-order valence-electron chi connectivity index (χ4n) is 1.18. The summed E-state index contributed by atoms with van der Waals surface area (Å²) in [6, 6.07) is 5.49. The van der Waals surface area contributed by atoms with Crippen LogP contribution in [0.15, 0.2) is 18.2 Å². The summed E-state index contributed by atoms with van der Waals surface area (Å²) in [6.45, 7) is 2.84. The van der Waals surface area contributed by atoms with Crippen molar-refractivity contribution in [3.63, 3.8) is 0 Å². The molecule has 0 saturated carbocycles. The topological polar surface area (TPSA) is 67.5 Å². The Labute approximate surface area is 90.1 Å². The van der Waals surface area contributed by atoms with Crippen LogP contribution in [-0.2, 0) is 0 Å². The van der Waals surface area contributed by atoms with Crippen LogP contribution in [-0.4, -0.2) is 25.4 Å². The van der Waals surface area contributed by atoms with E-state index in [9.17, 15) is 0 Å². The summed E-state index contributed by atoms with van der Waals surface area (Å²) < 4.78 is 5.05. The number of aliphatic hydroxyl groups is 1. The molecule has 4 N–H and O–H groups in total. The average molecular weight is 210 g/mol. The van der Waals surface area contributed by atoms with Gasteiger partial charge in [-0.05, 0) is 18.1 Å². The van der Waals surface area contributed by atoms with Gasteiger partial charge in [-0.3, -0.25) is 0 Å². The Morgan fingerprint density at radius 1 is 1.53 bits per heavy atom. The predicted octanol–water partition coefficient (Wildman–Crippen LogP) is 1.32. The van der Waals surface area contributed by atoms with Crippen molar-refractivity contribution < 1.29 is 9.84 Å². The molecule has 1 aromatic carbocycles. The first-order valence-electron chi connectivity index (χ1n) is 4.95. The van der Waals surface area contributed by atoms with Gasteiger partial charge in [0, 0.05) is 19.2 Å². The molecule has 0 bridgehead atoms. The smallest absolute Gasteiger partial charge is 0.121 e. The van der Waals surface area contributed by atoms with Gasteiger partial charge in [-0.15, -0.1) is 0 Å². The van der Waals surface area contributed by atoms with Crippen LogP contribution < -0.4 is 15.8 Å². The molecule has 1 aromatic rings. The maximum atomic E-state index is 8.87. The van der Waals surface area contributed by atoms with E-state index in [0.29, 0.717) is 12.2 Å². The summed E-state index contributed by atoms with van der Waals surface area (Å²) in [4.78, 5) is 0. The van der Waals surface area contributed by atoms with Gasteiger partial charge in [-0.25, -0.2) is 0 Å². The zero-order valence-electron chi connectivity index (χ0n) is 9.16. The number of nitrogens with two attached hydrogens (primary N) is 1. The molecule has 0 aliphatic heterocycles. The molecule has 4 heteroatoms. The van der Waals surface area contributed by atoms with Crippen LogP contribution in [0.4, 0.5) is 11.4 Å². The molecule has 0 saturated heterocycles. The first-order chi connectivity index (χ1) is 7.17. The lowest BCUT2D eigenvalue weighted by molar-refractivity contribution is 0.244. The molecular weight excluding hydrogens is 192 g/mol. The Morgan fingerprint density at radius 3 is 2.80 bits per heavy atom. The monoisotopic (exact) mass is 210 g/mol. The number of nitrogens with one attached hydrogen (secondary N) is 1. The molecule has 1 unspecified atom stereocenters. The van der Waals surface area contributed by atoms with E-state index in [4.69, 9.17) is 15.6 Å². The molecule has 0 radical (unpaired) electrons. The summed E-state index contributed by atoms with van der Waals surface area (Å²) in [5, 5.41) is 12.0. The lowest BCUT2D eigenvalue weighted by Crippen LogP contribution is -2.15. The molecule has 1 atom stereocenters. The van der Waals surface area contributed by atoms with Gasteiger partial charge >= 0.3 is 0 Å². The normalized spacial score (nSPS) is 12.2. The molecule has 1 rings (SSSR count). The molecule has 0 fully saturated rings. The number of aliphatic hydroxyl groups excluding tert-OH is 1. The van der Waals surface area contributed by atoms with Crippen LogP contribution in [0.3, 0.4) is 0 Å². The molecule has 0 spiro atoms. The Hall–Kier alpha value is -1.42. The van der Waals surface area contributed by atoms with Crippen LogP contribution in [0.25, 0.3) is 0 Å². The van der Waals surface area contributed by atoms with E-state index < -0.39 is 0 Å². The fourth-order valence-corrected chi connectivity index (χ4v) is 1.18. The Morgan fingerprint density at radius 2 is 2.27 bits per heavy atom. The van der Waals surface area contributed by atoms with Gasteiger partial charge in [-0.1, -0.05) is 6.92 Å². The van der Waals surface area contributed by atoms with E-state index in [1.54, 1.807) is 13.2 Å². The van der Waals surface area contributed by atoms with E-state index >= 15 is 0 Å². The van der Waals surface area contributed by atoms with Gasteiger partial charge in [0.2, 0.25) is 0 Å². The predicted molar refractivity (Wildman–Crippen MR) is 62.1 cm³/mol. The lowest BCUT2D eigenvalue weighted by atomic mass is 10.2. The van der Waals surface area contributed by atoms with Crippen molar-refractivity contribution in [1.82, 2.24) is 0 Å². The molecule has 0 amide bonds. The average Bonchev–Trinajstić information content (AvgIpc) is 2.26. The van der Waals surface area contributed by atoms with E-state index in [1.165, 1.54) is 0 Å². The number of hydrogen-bond acceptors (Lipinski definition) is 4. The SMILES string of the molecule is COc1ccc(NCC(C)CO)c(N)c1. The summed E-state index contributed by atoms with van der Waals surface area (Å²) in [6.07, 6.45) is 0. The largest absolute Gasteiger partial charge is 0.497 e. The quantitative estimate of drug-likeness (QED) is 0.641. The van der Waals surface area contributed by atoms with Crippen molar-refractivity contribution in [3.05, 3.63) is 18.2 Å². The van der Waals surface area contributed by atoms with Gasteiger partial charge in [0.1, 0.15) is 5.75 Å². The Balaban J connectivity index is 2.62. The molecule has 4 nitrogen and oxygen atoms in total.